The van der Waals surface area contributed by atoms with E-state index in [1.54, 1.807) is 12.1 Å². The molecule has 0 bridgehead atoms. The van der Waals surface area contributed by atoms with Crippen molar-refractivity contribution in [3.63, 3.8) is 0 Å². The Kier molecular flexibility index (Phi) is 3.13. The maximum Gasteiger partial charge on any atom is 0.336 e. The van der Waals surface area contributed by atoms with Gasteiger partial charge in [-0.3, -0.25) is 0 Å². The molecular weight excluding hydrogens is 256 g/mol. The molecule has 0 fully saturated rings. The summed E-state index contributed by atoms with van der Waals surface area (Å²) in [5.74, 6) is 0.131. The molecule has 0 saturated carbocycles. The lowest BCUT2D eigenvalue weighted by Gasteiger charge is -2.09. The molecule has 0 saturated heterocycles. The van der Waals surface area contributed by atoms with Crippen molar-refractivity contribution in [2.75, 3.05) is 0 Å². The minimum Gasteiger partial charge on any atom is -0.504 e. The number of hydrogen-bond donors (Lipinski definition) is 1. The number of benzene rings is 2. The topological polar surface area (TPSA) is 59.7 Å². The number of rotatable bonds is 3. The summed E-state index contributed by atoms with van der Waals surface area (Å²) in [5.41, 5.74) is 0.739. The summed E-state index contributed by atoms with van der Waals surface area (Å²) in [4.78, 5) is 11.3. The predicted octanol–water partition coefficient (Wildman–Crippen LogP) is 3.08. The molecule has 4 nitrogen and oxygen atoms in total. The van der Waals surface area contributed by atoms with Gasteiger partial charge in [-0.15, -0.1) is 0 Å². The van der Waals surface area contributed by atoms with Crippen LogP contribution in [0.2, 0.25) is 0 Å². The summed E-state index contributed by atoms with van der Waals surface area (Å²) >= 11 is 0. The van der Waals surface area contributed by atoms with Crippen molar-refractivity contribution in [2.45, 2.75) is 6.61 Å². The molecule has 1 aromatic heterocycles. The normalized spacial score (nSPS) is 10.6. The fourth-order valence-corrected chi connectivity index (χ4v) is 1.97. The first-order chi connectivity index (χ1) is 9.74. The lowest BCUT2D eigenvalue weighted by molar-refractivity contribution is 0.287. The summed E-state index contributed by atoms with van der Waals surface area (Å²) in [6.07, 6.45) is 0. The van der Waals surface area contributed by atoms with Gasteiger partial charge < -0.3 is 14.3 Å². The maximum absolute atomic E-state index is 11.3. The third kappa shape index (κ3) is 2.36. The smallest absolute Gasteiger partial charge is 0.336 e. The van der Waals surface area contributed by atoms with Crippen LogP contribution in [0, 0.1) is 0 Å². The van der Waals surface area contributed by atoms with Crippen LogP contribution in [0.4, 0.5) is 0 Å². The molecular formula is C16H12O4. The number of ether oxygens (including phenoxy) is 1. The van der Waals surface area contributed by atoms with Gasteiger partial charge in [0.05, 0.1) is 0 Å². The van der Waals surface area contributed by atoms with E-state index in [9.17, 15) is 9.90 Å². The number of phenols is 1. The Bertz CT molecular complexity index is 790. The van der Waals surface area contributed by atoms with E-state index in [2.05, 4.69) is 0 Å². The van der Waals surface area contributed by atoms with Gasteiger partial charge in [-0.1, -0.05) is 30.3 Å². The van der Waals surface area contributed by atoms with Crippen molar-refractivity contribution in [2.24, 2.45) is 0 Å². The van der Waals surface area contributed by atoms with E-state index >= 15 is 0 Å². The van der Waals surface area contributed by atoms with E-state index in [-0.39, 0.29) is 23.7 Å². The van der Waals surface area contributed by atoms with Crippen molar-refractivity contribution >= 4 is 11.0 Å². The zero-order valence-electron chi connectivity index (χ0n) is 10.6. The molecule has 0 radical (unpaired) electrons. The molecule has 1 N–H and O–H groups in total. The molecule has 0 aliphatic rings. The van der Waals surface area contributed by atoms with Gasteiger partial charge in [-0.25, -0.2) is 4.79 Å². The van der Waals surface area contributed by atoms with E-state index in [1.165, 1.54) is 12.1 Å². The summed E-state index contributed by atoms with van der Waals surface area (Å²) in [7, 11) is 0. The van der Waals surface area contributed by atoms with E-state index < -0.39 is 5.63 Å². The molecule has 3 rings (SSSR count). The molecule has 100 valence electrons. The third-order valence-electron chi connectivity index (χ3n) is 2.95. The molecule has 0 atom stereocenters. The second-order valence-electron chi connectivity index (χ2n) is 4.36. The Morgan fingerprint density at radius 2 is 1.75 bits per heavy atom. The molecule has 0 spiro atoms. The van der Waals surface area contributed by atoms with Gasteiger partial charge in [-0.05, 0) is 23.8 Å². The van der Waals surface area contributed by atoms with Gasteiger partial charge >= 0.3 is 5.63 Å². The number of phenolic OH excluding ortho intramolecular Hbond substituents is 1. The molecule has 0 aliphatic heterocycles. The van der Waals surface area contributed by atoms with E-state index in [0.717, 1.165) is 5.56 Å². The van der Waals surface area contributed by atoms with Crippen LogP contribution < -0.4 is 10.4 Å². The van der Waals surface area contributed by atoms with Crippen LogP contribution in [0.3, 0.4) is 0 Å². The highest BCUT2D eigenvalue weighted by Gasteiger charge is 2.11. The van der Waals surface area contributed by atoms with Crippen LogP contribution >= 0.6 is 0 Å². The lowest BCUT2D eigenvalue weighted by Crippen LogP contribution is -1.99. The first-order valence-corrected chi connectivity index (χ1v) is 6.16. The summed E-state index contributed by atoms with van der Waals surface area (Å²) < 4.78 is 10.7. The molecule has 4 heteroatoms. The van der Waals surface area contributed by atoms with Crippen molar-refractivity contribution in [1.29, 1.82) is 0 Å². The van der Waals surface area contributed by atoms with E-state index in [1.807, 2.05) is 30.3 Å². The third-order valence-corrected chi connectivity index (χ3v) is 2.95. The maximum atomic E-state index is 11.3. The molecule has 2 aromatic carbocycles. The van der Waals surface area contributed by atoms with E-state index in [0.29, 0.717) is 5.39 Å². The SMILES string of the molecule is O=c1ccc2ccc(O)c(OCc3ccccc3)c2o1. The average Bonchev–Trinajstić information content (AvgIpc) is 2.47. The van der Waals surface area contributed by atoms with E-state index in [4.69, 9.17) is 9.15 Å². The minimum atomic E-state index is -0.479. The lowest BCUT2D eigenvalue weighted by atomic mass is 10.2. The zero-order valence-corrected chi connectivity index (χ0v) is 10.6. The van der Waals surface area contributed by atoms with Crippen molar-refractivity contribution in [3.8, 4) is 11.5 Å². The highest BCUT2D eigenvalue weighted by atomic mass is 16.5. The van der Waals surface area contributed by atoms with Crippen LogP contribution in [0.5, 0.6) is 11.5 Å². The first kappa shape index (κ1) is 12.3. The number of hydrogen-bond acceptors (Lipinski definition) is 4. The van der Waals surface area contributed by atoms with Gasteiger partial charge in [0.2, 0.25) is 5.75 Å². The second-order valence-corrected chi connectivity index (χ2v) is 4.36. The van der Waals surface area contributed by atoms with Crippen LogP contribution in [0.1, 0.15) is 5.56 Å². The fraction of sp³-hybridized carbons (Fsp3) is 0.0625. The number of aromatic hydroxyl groups is 1. The molecule has 0 aliphatic carbocycles. The predicted molar refractivity (Wildman–Crippen MR) is 74.9 cm³/mol. The Hall–Kier alpha value is -2.75. The molecule has 0 amide bonds. The Morgan fingerprint density at radius 1 is 1.00 bits per heavy atom. The first-order valence-electron chi connectivity index (χ1n) is 6.16. The Morgan fingerprint density at radius 3 is 2.55 bits per heavy atom. The van der Waals surface area contributed by atoms with Gasteiger partial charge in [0, 0.05) is 11.5 Å². The quantitative estimate of drug-likeness (QED) is 0.741. The Balaban J connectivity index is 2.00. The highest BCUT2D eigenvalue weighted by Crippen LogP contribution is 2.34. The van der Waals surface area contributed by atoms with Crippen LogP contribution in [0.25, 0.3) is 11.0 Å². The average molecular weight is 268 g/mol. The van der Waals surface area contributed by atoms with Crippen LogP contribution in [-0.2, 0) is 6.61 Å². The monoisotopic (exact) mass is 268 g/mol. The highest BCUT2D eigenvalue weighted by molar-refractivity contribution is 5.84. The molecule has 0 unspecified atom stereocenters. The molecule has 20 heavy (non-hydrogen) atoms. The van der Waals surface area contributed by atoms with Gasteiger partial charge in [0.15, 0.2) is 11.3 Å². The fourth-order valence-electron chi connectivity index (χ4n) is 1.97. The van der Waals surface area contributed by atoms with Crippen molar-refractivity contribution < 1.29 is 14.3 Å². The summed E-state index contributed by atoms with van der Waals surface area (Å²) in [6, 6.07) is 15.7. The summed E-state index contributed by atoms with van der Waals surface area (Å²) in [5, 5.41) is 10.6. The molecule has 3 aromatic rings. The molecule has 1 heterocycles. The Labute approximate surface area is 114 Å². The van der Waals surface area contributed by atoms with Crippen LogP contribution in [0.15, 0.2) is 63.8 Å². The number of fused-ring (bicyclic) bond motifs is 1. The second kappa shape index (κ2) is 5.09. The van der Waals surface area contributed by atoms with Crippen molar-refractivity contribution in [3.05, 3.63) is 70.6 Å². The van der Waals surface area contributed by atoms with Gasteiger partial charge in [0.1, 0.15) is 6.61 Å². The summed E-state index contributed by atoms with van der Waals surface area (Å²) in [6.45, 7) is 0.284. The van der Waals surface area contributed by atoms with Gasteiger partial charge in [0.25, 0.3) is 0 Å². The zero-order chi connectivity index (χ0) is 13.9. The standard InChI is InChI=1S/C16H12O4/c17-13-8-6-12-7-9-14(18)20-15(12)16(13)19-10-11-4-2-1-3-5-11/h1-9,17H,10H2. The van der Waals surface area contributed by atoms with Gasteiger partial charge in [-0.2, -0.15) is 0 Å². The van der Waals surface area contributed by atoms with Crippen LogP contribution in [-0.4, -0.2) is 5.11 Å². The largest absolute Gasteiger partial charge is 0.504 e. The minimum absolute atomic E-state index is 0.0530. The van der Waals surface area contributed by atoms with Crippen molar-refractivity contribution in [1.82, 2.24) is 0 Å².